The van der Waals surface area contributed by atoms with Crippen molar-refractivity contribution in [3.63, 3.8) is 0 Å². The first-order valence-corrected chi connectivity index (χ1v) is 11.0. The molecule has 2 aromatic rings. The van der Waals surface area contributed by atoms with E-state index in [1.807, 2.05) is 15.5 Å². The molecule has 0 spiro atoms. The highest BCUT2D eigenvalue weighted by atomic mass is 16.4. The quantitative estimate of drug-likeness (QED) is 0.839. The first-order valence-electron chi connectivity index (χ1n) is 11.0. The summed E-state index contributed by atoms with van der Waals surface area (Å²) in [4.78, 5) is 28.9. The van der Waals surface area contributed by atoms with Gasteiger partial charge in [-0.2, -0.15) is 0 Å². The average Bonchev–Trinajstić information content (AvgIpc) is 2.92. The molecule has 2 bridgehead atoms. The van der Waals surface area contributed by atoms with Crippen molar-refractivity contribution < 1.29 is 9.90 Å². The first kappa shape index (κ1) is 19.5. The van der Waals surface area contributed by atoms with Gasteiger partial charge >= 0.3 is 5.97 Å². The number of carboxylic acids is 1. The molecule has 1 fully saturated rings. The van der Waals surface area contributed by atoms with Crippen molar-refractivity contribution >= 4 is 5.97 Å². The maximum atomic E-state index is 13.3. The van der Waals surface area contributed by atoms with Crippen molar-refractivity contribution in [3.05, 3.63) is 69.1 Å². The number of fused-ring (bicyclic) bond motifs is 5. The van der Waals surface area contributed by atoms with Crippen LogP contribution in [-0.4, -0.2) is 58.2 Å². The summed E-state index contributed by atoms with van der Waals surface area (Å²) in [5.74, 6) is -0.162. The van der Waals surface area contributed by atoms with Crippen LogP contribution < -0.4 is 5.56 Å². The van der Waals surface area contributed by atoms with Gasteiger partial charge in [0.05, 0.1) is 6.54 Å². The minimum Gasteiger partial charge on any atom is -0.480 e. The van der Waals surface area contributed by atoms with Gasteiger partial charge in [0.25, 0.3) is 5.56 Å². The Morgan fingerprint density at radius 2 is 1.70 bits per heavy atom. The van der Waals surface area contributed by atoms with E-state index in [1.165, 1.54) is 11.1 Å². The van der Waals surface area contributed by atoms with E-state index < -0.39 is 5.97 Å². The van der Waals surface area contributed by atoms with Gasteiger partial charge in [-0.15, -0.1) is 0 Å². The topological polar surface area (TPSA) is 65.8 Å². The zero-order chi connectivity index (χ0) is 20.7. The molecule has 1 aromatic carbocycles. The fourth-order valence-corrected chi connectivity index (χ4v) is 5.64. The van der Waals surface area contributed by atoms with Crippen LogP contribution in [0.25, 0.3) is 0 Å². The van der Waals surface area contributed by atoms with Gasteiger partial charge in [-0.3, -0.25) is 19.4 Å². The Morgan fingerprint density at radius 1 is 0.967 bits per heavy atom. The molecule has 3 aliphatic rings. The molecule has 0 amide bonds. The number of pyridine rings is 1. The van der Waals surface area contributed by atoms with Gasteiger partial charge < -0.3 is 9.67 Å². The second-order valence-electron chi connectivity index (χ2n) is 9.13. The van der Waals surface area contributed by atoms with Crippen LogP contribution in [-0.2, 0) is 30.7 Å². The van der Waals surface area contributed by atoms with Crippen LogP contribution in [0.2, 0.25) is 0 Å². The summed E-state index contributed by atoms with van der Waals surface area (Å²) >= 11 is 0. The molecule has 6 nitrogen and oxygen atoms in total. The number of aliphatic carboxylic acids is 1. The summed E-state index contributed by atoms with van der Waals surface area (Å²) in [5, 5.41) is 9.14. The third kappa shape index (κ3) is 3.82. The Balaban J connectivity index is 1.33. The van der Waals surface area contributed by atoms with E-state index >= 15 is 0 Å². The Kier molecular flexibility index (Phi) is 5.21. The lowest BCUT2D eigenvalue weighted by molar-refractivity contribution is -0.139. The van der Waals surface area contributed by atoms with Crippen LogP contribution >= 0.6 is 0 Å². The number of rotatable bonds is 4. The van der Waals surface area contributed by atoms with E-state index in [1.54, 1.807) is 0 Å². The van der Waals surface area contributed by atoms with E-state index in [0.29, 0.717) is 19.0 Å². The molecule has 30 heavy (non-hydrogen) atoms. The third-order valence-electron chi connectivity index (χ3n) is 7.02. The molecule has 6 heteroatoms. The first-order chi connectivity index (χ1) is 14.6. The van der Waals surface area contributed by atoms with Crippen LogP contribution in [0.4, 0.5) is 0 Å². The highest BCUT2D eigenvalue weighted by molar-refractivity contribution is 5.69. The predicted molar refractivity (Wildman–Crippen MR) is 115 cm³/mol. The number of nitrogens with zero attached hydrogens (tertiary/aromatic N) is 3. The van der Waals surface area contributed by atoms with Crippen molar-refractivity contribution in [3.8, 4) is 0 Å². The SMILES string of the molecule is O=C(O)CN1C[C@@H]2C[C@H](C1)c1ccc(CN3CCc4ccccc4CC3)c(=O)n1C2. The highest BCUT2D eigenvalue weighted by Crippen LogP contribution is 2.35. The smallest absolute Gasteiger partial charge is 0.317 e. The molecule has 2 atom stereocenters. The molecule has 158 valence electrons. The fourth-order valence-electron chi connectivity index (χ4n) is 5.64. The van der Waals surface area contributed by atoms with Crippen molar-refractivity contribution in [2.24, 2.45) is 5.92 Å². The molecule has 0 aliphatic carbocycles. The predicted octanol–water partition coefficient (Wildman–Crippen LogP) is 1.95. The number of likely N-dealkylation sites (tertiary alicyclic amines) is 1. The van der Waals surface area contributed by atoms with Crippen molar-refractivity contribution in [1.29, 1.82) is 0 Å². The molecule has 0 unspecified atom stereocenters. The normalized spacial score (nSPS) is 24.0. The standard InChI is InChI=1S/C24H29N3O3/c28-23(29)16-26-12-17-11-21(15-26)22-6-5-20(24(30)27(22)13-17)14-25-9-7-18-3-1-2-4-19(18)8-10-25/h1-6,17,21H,7-16H2,(H,28,29)/t17-,21+/m0/s1. The number of carboxylic acid groups (broad SMARTS) is 1. The lowest BCUT2D eigenvalue weighted by Crippen LogP contribution is -2.49. The summed E-state index contributed by atoms with van der Waals surface area (Å²) in [6.45, 7) is 4.96. The molecule has 0 saturated carbocycles. The summed E-state index contributed by atoms with van der Waals surface area (Å²) in [6.07, 6.45) is 3.12. The van der Waals surface area contributed by atoms with Gasteiger partial charge in [0.15, 0.2) is 0 Å². The Labute approximate surface area is 176 Å². The number of aromatic nitrogens is 1. The second-order valence-corrected chi connectivity index (χ2v) is 9.13. The molecule has 4 heterocycles. The maximum absolute atomic E-state index is 13.3. The lowest BCUT2D eigenvalue weighted by atomic mass is 9.83. The highest BCUT2D eigenvalue weighted by Gasteiger charge is 2.35. The largest absolute Gasteiger partial charge is 0.480 e. The average molecular weight is 408 g/mol. The van der Waals surface area contributed by atoms with Crippen LogP contribution in [0.1, 0.15) is 34.7 Å². The van der Waals surface area contributed by atoms with Gasteiger partial charge in [0, 0.05) is 56.4 Å². The summed E-state index contributed by atoms with van der Waals surface area (Å²) in [7, 11) is 0. The minimum absolute atomic E-state index is 0.0899. The van der Waals surface area contributed by atoms with Gasteiger partial charge in [-0.25, -0.2) is 0 Å². The van der Waals surface area contributed by atoms with E-state index in [4.69, 9.17) is 5.11 Å². The maximum Gasteiger partial charge on any atom is 0.317 e. The van der Waals surface area contributed by atoms with Gasteiger partial charge in [-0.05, 0) is 42.4 Å². The lowest BCUT2D eigenvalue weighted by Gasteiger charge is -2.42. The summed E-state index contributed by atoms with van der Waals surface area (Å²) in [6, 6.07) is 12.8. The van der Waals surface area contributed by atoms with Crippen LogP contribution in [0.15, 0.2) is 41.2 Å². The van der Waals surface area contributed by atoms with E-state index in [-0.39, 0.29) is 18.0 Å². The Hall–Kier alpha value is -2.44. The number of carbonyl (C=O) groups is 1. The van der Waals surface area contributed by atoms with E-state index in [9.17, 15) is 9.59 Å². The fraction of sp³-hybridized carbons (Fsp3) is 0.500. The molecular formula is C24H29N3O3. The van der Waals surface area contributed by atoms with Crippen molar-refractivity contribution in [1.82, 2.24) is 14.4 Å². The number of hydrogen-bond donors (Lipinski definition) is 1. The molecule has 1 saturated heterocycles. The summed E-state index contributed by atoms with van der Waals surface area (Å²) < 4.78 is 1.98. The molecule has 0 radical (unpaired) electrons. The Bertz CT molecular complexity index is 988. The molecule has 5 rings (SSSR count). The second kappa shape index (κ2) is 8.00. The zero-order valence-corrected chi connectivity index (χ0v) is 17.3. The van der Waals surface area contributed by atoms with Gasteiger partial charge in [-0.1, -0.05) is 30.3 Å². The molecule has 1 N–H and O–H groups in total. The monoisotopic (exact) mass is 407 g/mol. The third-order valence-corrected chi connectivity index (χ3v) is 7.02. The molecular weight excluding hydrogens is 378 g/mol. The number of piperidine rings is 1. The van der Waals surface area contributed by atoms with E-state index in [0.717, 1.165) is 56.7 Å². The van der Waals surface area contributed by atoms with Crippen LogP contribution in [0.3, 0.4) is 0 Å². The van der Waals surface area contributed by atoms with Crippen molar-refractivity contribution in [2.75, 3.05) is 32.7 Å². The van der Waals surface area contributed by atoms with Crippen LogP contribution in [0.5, 0.6) is 0 Å². The molecule has 1 aromatic heterocycles. The molecule has 3 aliphatic heterocycles. The van der Waals surface area contributed by atoms with E-state index in [2.05, 4.69) is 35.2 Å². The van der Waals surface area contributed by atoms with Gasteiger partial charge in [0.2, 0.25) is 0 Å². The number of benzene rings is 1. The minimum atomic E-state index is -0.776. The van der Waals surface area contributed by atoms with Gasteiger partial charge in [0.1, 0.15) is 0 Å². The number of hydrogen-bond acceptors (Lipinski definition) is 4. The Morgan fingerprint density at radius 3 is 2.40 bits per heavy atom. The van der Waals surface area contributed by atoms with Crippen LogP contribution in [0, 0.1) is 5.92 Å². The van der Waals surface area contributed by atoms with Crippen molar-refractivity contribution in [2.45, 2.75) is 38.3 Å². The zero-order valence-electron chi connectivity index (χ0n) is 17.3. The summed E-state index contributed by atoms with van der Waals surface area (Å²) in [5.41, 5.74) is 4.97.